The quantitative estimate of drug-likeness (QED) is 0.474. The molecule has 4 nitrogen and oxygen atoms in total. The standard InChI is InChI=1S/C15H22FN3O.HI/c1-17-15(18-10-14-7-4-8-20-14)19(2)11-12-5-3-6-13(16)9-12;/h3,5-6,9,14H,4,7-8,10-11H2,1-2H3,(H,17,18);1H. The van der Waals surface area contributed by atoms with Crippen molar-refractivity contribution in [1.82, 2.24) is 10.2 Å². The van der Waals surface area contributed by atoms with Crippen LogP contribution in [0.1, 0.15) is 18.4 Å². The maximum absolute atomic E-state index is 13.2. The molecule has 1 aliphatic rings. The molecular formula is C15H23FIN3O. The lowest BCUT2D eigenvalue weighted by Crippen LogP contribution is -2.41. The van der Waals surface area contributed by atoms with Gasteiger partial charge in [0.2, 0.25) is 0 Å². The normalized spacial score (nSPS) is 18.2. The van der Waals surface area contributed by atoms with E-state index in [1.807, 2.05) is 18.0 Å². The molecule has 1 aliphatic heterocycles. The number of aliphatic imine (C=N–C) groups is 1. The maximum Gasteiger partial charge on any atom is 0.193 e. The first-order valence-electron chi connectivity index (χ1n) is 6.97. The summed E-state index contributed by atoms with van der Waals surface area (Å²) in [5.41, 5.74) is 0.924. The Morgan fingerprint density at radius 1 is 1.52 bits per heavy atom. The van der Waals surface area contributed by atoms with Gasteiger partial charge in [0.15, 0.2) is 5.96 Å². The second kappa shape index (κ2) is 9.19. The number of halogens is 2. The highest BCUT2D eigenvalue weighted by Gasteiger charge is 2.16. The van der Waals surface area contributed by atoms with E-state index in [4.69, 9.17) is 4.74 Å². The van der Waals surface area contributed by atoms with E-state index in [1.165, 1.54) is 6.07 Å². The van der Waals surface area contributed by atoms with Crippen LogP contribution in [0.3, 0.4) is 0 Å². The number of nitrogens with zero attached hydrogens (tertiary/aromatic N) is 2. The van der Waals surface area contributed by atoms with Crippen molar-refractivity contribution < 1.29 is 9.13 Å². The Morgan fingerprint density at radius 3 is 2.95 bits per heavy atom. The summed E-state index contributed by atoms with van der Waals surface area (Å²) in [6.07, 6.45) is 2.50. The summed E-state index contributed by atoms with van der Waals surface area (Å²) in [4.78, 5) is 6.23. The highest BCUT2D eigenvalue weighted by molar-refractivity contribution is 14.0. The van der Waals surface area contributed by atoms with Crippen molar-refractivity contribution in [3.8, 4) is 0 Å². The van der Waals surface area contributed by atoms with E-state index in [0.717, 1.165) is 37.5 Å². The van der Waals surface area contributed by atoms with E-state index in [0.29, 0.717) is 6.54 Å². The number of nitrogens with one attached hydrogen (secondary N) is 1. The van der Waals surface area contributed by atoms with Gasteiger partial charge in [-0.15, -0.1) is 24.0 Å². The van der Waals surface area contributed by atoms with Crippen molar-refractivity contribution in [2.45, 2.75) is 25.5 Å². The molecule has 1 atom stereocenters. The number of ether oxygens (including phenoxy) is 1. The molecule has 0 radical (unpaired) electrons. The highest BCUT2D eigenvalue weighted by atomic mass is 127. The Hall–Kier alpha value is -0.890. The van der Waals surface area contributed by atoms with Gasteiger partial charge in [-0.2, -0.15) is 0 Å². The average molecular weight is 407 g/mol. The molecule has 1 unspecified atom stereocenters. The van der Waals surface area contributed by atoms with Crippen molar-refractivity contribution in [1.29, 1.82) is 0 Å². The highest BCUT2D eigenvalue weighted by Crippen LogP contribution is 2.11. The van der Waals surface area contributed by atoms with Crippen LogP contribution in [0.2, 0.25) is 0 Å². The minimum absolute atomic E-state index is 0. The molecule has 1 heterocycles. The zero-order valence-corrected chi connectivity index (χ0v) is 14.8. The molecule has 1 aromatic rings. The van der Waals surface area contributed by atoms with Crippen molar-refractivity contribution in [3.05, 3.63) is 35.6 Å². The van der Waals surface area contributed by atoms with Crippen LogP contribution < -0.4 is 5.32 Å². The van der Waals surface area contributed by atoms with Crippen LogP contribution in [-0.4, -0.2) is 44.2 Å². The third-order valence-electron chi connectivity index (χ3n) is 3.39. The molecule has 6 heteroatoms. The van der Waals surface area contributed by atoms with Crippen molar-refractivity contribution in [2.24, 2.45) is 4.99 Å². The van der Waals surface area contributed by atoms with Gasteiger partial charge in [0.05, 0.1) is 6.10 Å². The first-order valence-corrected chi connectivity index (χ1v) is 6.97. The van der Waals surface area contributed by atoms with Crippen LogP contribution in [0.5, 0.6) is 0 Å². The van der Waals surface area contributed by atoms with E-state index in [-0.39, 0.29) is 35.9 Å². The smallest absolute Gasteiger partial charge is 0.193 e. The van der Waals surface area contributed by atoms with Gasteiger partial charge in [-0.05, 0) is 30.5 Å². The molecule has 1 N–H and O–H groups in total. The van der Waals surface area contributed by atoms with Crippen LogP contribution in [0, 0.1) is 5.82 Å². The van der Waals surface area contributed by atoms with Gasteiger partial charge in [0, 0.05) is 33.8 Å². The number of rotatable bonds is 4. The maximum atomic E-state index is 13.2. The molecule has 0 bridgehead atoms. The molecule has 21 heavy (non-hydrogen) atoms. The summed E-state index contributed by atoms with van der Waals surface area (Å²) < 4.78 is 18.7. The topological polar surface area (TPSA) is 36.9 Å². The molecule has 0 saturated carbocycles. The van der Waals surface area contributed by atoms with Crippen molar-refractivity contribution in [3.63, 3.8) is 0 Å². The Bertz CT molecular complexity index is 464. The number of guanidine groups is 1. The Morgan fingerprint density at radius 2 is 2.33 bits per heavy atom. The van der Waals surface area contributed by atoms with Gasteiger partial charge in [0.1, 0.15) is 5.82 Å². The van der Waals surface area contributed by atoms with Gasteiger partial charge in [-0.1, -0.05) is 12.1 Å². The largest absolute Gasteiger partial charge is 0.376 e. The second-order valence-corrected chi connectivity index (χ2v) is 5.05. The van der Waals surface area contributed by atoms with E-state index in [2.05, 4.69) is 10.3 Å². The monoisotopic (exact) mass is 407 g/mol. The van der Waals surface area contributed by atoms with E-state index in [9.17, 15) is 4.39 Å². The molecule has 0 aliphatic carbocycles. The zero-order chi connectivity index (χ0) is 14.4. The third kappa shape index (κ3) is 5.78. The fourth-order valence-corrected chi connectivity index (χ4v) is 2.38. The SMILES string of the molecule is CN=C(NCC1CCCO1)N(C)Cc1cccc(F)c1.I. The lowest BCUT2D eigenvalue weighted by atomic mass is 10.2. The summed E-state index contributed by atoms with van der Waals surface area (Å²) in [6, 6.07) is 6.63. The van der Waals surface area contributed by atoms with Crippen LogP contribution in [-0.2, 0) is 11.3 Å². The molecule has 1 aromatic carbocycles. The molecule has 0 aromatic heterocycles. The summed E-state index contributed by atoms with van der Waals surface area (Å²) in [5.74, 6) is 0.586. The molecular weight excluding hydrogens is 384 g/mol. The second-order valence-electron chi connectivity index (χ2n) is 5.05. The predicted molar refractivity (Wildman–Crippen MR) is 93.6 cm³/mol. The van der Waals surface area contributed by atoms with Crippen LogP contribution in [0.15, 0.2) is 29.3 Å². The van der Waals surface area contributed by atoms with Gasteiger partial charge in [-0.25, -0.2) is 4.39 Å². The van der Waals surface area contributed by atoms with Gasteiger partial charge in [-0.3, -0.25) is 4.99 Å². The molecule has 0 spiro atoms. The molecule has 118 valence electrons. The molecule has 1 fully saturated rings. The first kappa shape index (κ1) is 18.2. The molecule has 2 rings (SSSR count). The summed E-state index contributed by atoms with van der Waals surface area (Å²) >= 11 is 0. The van der Waals surface area contributed by atoms with Crippen LogP contribution in [0.25, 0.3) is 0 Å². The molecule has 0 amide bonds. The lowest BCUT2D eigenvalue weighted by molar-refractivity contribution is 0.113. The predicted octanol–water partition coefficient (Wildman–Crippen LogP) is 2.63. The van der Waals surface area contributed by atoms with E-state index in [1.54, 1.807) is 19.2 Å². The number of benzene rings is 1. The fourth-order valence-electron chi connectivity index (χ4n) is 2.38. The Labute approximate surface area is 142 Å². The molecule has 1 saturated heterocycles. The van der Waals surface area contributed by atoms with Crippen molar-refractivity contribution in [2.75, 3.05) is 27.2 Å². The summed E-state index contributed by atoms with van der Waals surface area (Å²) in [5, 5.41) is 3.30. The number of hydrogen-bond acceptors (Lipinski definition) is 2. The minimum atomic E-state index is -0.210. The van der Waals surface area contributed by atoms with Gasteiger partial charge >= 0.3 is 0 Å². The summed E-state index contributed by atoms with van der Waals surface area (Å²) in [7, 11) is 3.69. The number of hydrogen-bond donors (Lipinski definition) is 1. The lowest BCUT2D eigenvalue weighted by Gasteiger charge is -2.23. The third-order valence-corrected chi connectivity index (χ3v) is 3.39. The van der Waals surface area contributed by atoms with Crippen LogP contribution >= 0.6 is 24.0 Å². The van der Waals surface area contributed by atoms with E-state index >= 15 is 0 Å². The first-order chi connectivity index (χ1) is 9.69. The Kier molecular flexibility index (Phi) is 7.95. The van der Waals surface area contributed by atoms with Crippen molar-refractivity contribution >= 4 is 29.9 Å². The fraction of sp³-hybridized carbons (Fsp3) is 0.533. The average Bonchev–Trinajstić information content (AvgIpc) is 2.92. The van der Waals surface area contributed by atoms with Crippen LogP contribution in [0.4, 0.5) is 4.39 Å². The minimum Gasteiger partial charge on any atom is -0.376 e. The zero-order valence-electron chi connectivity index (χ0n) is 12.5. The van der Waals surface area contributed by atoms with E-state index < -0.39 is 0 Å². The van der Waals surface area contributed by atoms with Gasteiger partial charge < -0.3 is 15.0 Å². The van der Waals surface area contributed by atoms with Gasteiger partial charge in [0.25, 0.3) is 0 Å². The summed E-state index contributed by atoms with van der Waals surface area (Å²) in [6.45, 7) is 2.23. The Balaban J connectivity index is 0.00000220.